The molecule has 6 nitrogen and oxygen atoms in total. The van der Waals surface area contributed by atoms with E-state index in [0.29, 0.717) is 26.2 Å². The van der Waals surface area contributed by atoms with Gasteiger partial charge in [-0.25, -0.2) is 4.79 Å². The van der Waals surface area contributed by atoms with Gasteiger partial charge in [-0.3, -0.25) is 9.69 Å². The quantitative estimate of drug-likeness (QED) is 0.798. The van der Waals surface area contributed by atoms with Crippen LogP contribution in [0, 0.1) is 0 Å². The first-order chi connectivity index (χ1) is 8.47. The van der Waals surface area contributed by atoms with Crippen LogP contribution in [0.5, 0.6) is 0 Å². The number of aliphatic carboxylic acids is 1. The van der Waals surface area contributed by atoms with Gasteiger partial charge in [-0.1, -0.05) is 6.92 Å². The van der Waals surface area contributed by atoms with E-state index in [1.165, 1.54) is 0 Å². The molecule has 0 aromatic rings. The smallest absolute Gasteiger partial charge is 0.320 e. The number of carbonyl (C=O) groups excluding carboxylic acids is 1. The Hall–Kier alpha value is -1.30. The van der Waals surface area contributed by atoms with Crippen LogP contribution in [0.15, 0.2) is 0 Å². The Labute approximate surface area is 108 Å². The van der Waals surface area contributed by atoms with E-state index in [1.807, 2.05) is 11.8 Å². The van der Waals surface area contributed by atoms with Gasteiger partial charge in [-0.15, -0.1) is 0 Å². The molecule has 0 saturated carbocycles. The molecular weight excluding hydrogens is 234 g/mol. The lowest BCUT2D eigenvalue weighted by atomic mass is 10.2. The summed E-state index contributed by atoms with van der Waals surface area (Å²) in [5.41, 5.74) is 0. The van der Waals surface area contributed by atoms with Gasteiger partial charge in [0.1, 0.15) is 6.04 Å². The molecule has 0 aromatic heterocycles. The SMILES string of the molecule is CCCN(C)C(=O)N1CCN(C(C)C(=O)O)CC1. The van der Waals surface area contributed by atoms with Crippen LogP contribution in [0.1, 0.15) is 20.3 Å². The van der Waals surface area contributed by atoms with Crippen molar-refractivity contribution in [3.63, 3.8) is 0 Å². The van der Waals surface area contributed by atoms with Gasteiger partial charge in [0.2, 0.25) is 0 Å². The largest absolute Gasteiger partial charge is 0.480 e. The van der Waals surface area contributed by atoms with Crippen molar-refractivity contribution in [1.29, 1.82) is 0 Å². The lowest BCUT2D eigenvalue weighted by Gasteiger charge is -2.38. The molecule has 18 heavy (non-hydrogen) atoms. The third kappa shape index (κ3) is 3.60. The number of urea groups is 1. The average Bonchev–Trinajstić information content (AvgIpc) is 2.37. The maximum Gasteiger partial charge on any atom is 0.320 e. The Morgan fingerprint density at radius 3 is 2.28 bits per heavy atom. The fourth-order valence-electron chi connectivity index (χ4n) is 2.13. The Balaban J connectivity index is 2.44. The third-order valence-electron chi connectivity index (χ3n) is 3.38. The minimum atomic E-state index is -0.808. The number of amides is 2. The summed E-state index contributed by atoms with van der Waals surface area (Å²) in [5, 5.41) is 8.94. The van der Waals surface area contributed by atoms with Gasteiger partial charge in [-0.2, -0.15) is 0 Å². The molecule has 1 N–H and O–H groups in total. The van der Waals surface area contributed by atoms with E-state index < -0.39 is 12.0 Å². The van der Waals surface area contributed by atoms with Gasteiger partial charge in [0, 0.05) is 39.8 Å². The van der Waals surface area contributed by atoms with Gasteiger partial charge < -0.3 is 14.9 Å². The van der Waals surface area contributed by atoms with E-state index in [9.17, 15) is 9.59 Å². The molecule has 2 amide bonds. The fraction of sp³-hybridized carbons (Fsp3) is 0.833. The first-order valence-corrected chi connectivity index (χ1v) is 6.44. The number of carbonyl (C=O) groups is 2. The Morgan fingerprint density at radius 1 is 1.28 bits per heavy atom. The molecule has 0 aliphatic carbocycles. The Bertz CT molecular complexity index is 301. The molecule has 1 fully saturated rings. The van der Waals surface area contributed by atoms with Gasteiger partial charge in [-0.05, 0) is 13.3 Å². The molecule has 0 aromatic carbocycles. The predicted octanol–water partition coefficient (Wildman–Crippen LogP) is 0.539. The van der Waals surface area contributed by atoms with Crippen molar-refractivity contribution >= 4 is 12.0 Å². The zero-order chi connectivity index (χ0) is 13.7. The Kier molecular flexibility index (Phi) is 5.40. The number of hydrogen-bond acceptors (Lipinski definition) is 3. The number of piperazine rings is 1. The van der Waals surface area contributed by atoms with Crippen molar-refractivity contribution in [2.24, 2.45) is 0 Å². The van der Waals surface area contributed by atoms with Gasteiger partial charge in [0.05, 0.1) is 0 Å². The van der Waals surface area contributed by atoms with Crippen LogP contribution in [-0.2, 0) is 4.79 Å². The monoisotopic (exact) mass is 257 g/mol. The van der Waals surface area contributed by atoms with Crippen LogP contribution < -0.4 is 0 Å². The summed E-state index contributed by atoms with van der Waals surface area (Å²) in [6, 6.07) is -0.435. The van der Waals surface area contributed by atoms with Crippen molar-refractivity contribution in [2.45, 2.75) is 26.3 Å². The minimum absolute atomic E-state index is 0.0412. The summed E-state index contributed by atoms with van der Waals surface area (Å²) in [6.07, 6.45) is 0.943. The molecule has 0 spiro atoms. The second kappa shape index (κ2) is 6.58. The summed E-state index contributed by atoms with van der Waals surface area (Å²) in [4.78, 5) is 28.3. The number of carboxylic acids is 1. The van der Waals surface area contributed by atoms with E-state index >= 15 is 0 Å². The molecule has 104 valence electrons. The standard InChI is InChI=1S/C12H23N3O3/c1-4-5-13(3)12(18)15-8-6-14(7-9-15)10(2)11(16)17/h10H,4-9H2,1-3H3,(H,16,17). The highest BCUT2D eigenvalue weighted by molar-refractivity contribution is 5.74. The van der Waals surface area contributed by atoms with Crippen molar-refractivity contribution < 1.29 is 14.7 Å². The van der Waals surface area contributed by atoms with Gasteiger partial charge in [0.25, 0.3) is 0 Å². The molecule has 0 bridgehead atoms. The van der Waals surface area contributed by atoms with E-state index in [4.69, 9.17) is 5.11 Å². The zero-order valence-electron chi connectivity index (χ0n) is 11.4. The summed E-state index contributed by atoms with van der Waals surface area (Å²) in [5.74, 6) is -0.808. The van der Waals surface area contributed by atoms with Crippen LogP contribution in [0.25, 0.3) is 0 Å². The molecule has 1 atom stereocenters. The molecule has 1 saturated heterocycles. The van der Waals surface area contributed by atoms with E-state index in [0.717, 1.165) is 13.0 Å². The molecule has 1 rings (SSSR count). The van der Waals surface area contributed by atoms with Crippen LogP contribution in [0.3, 0.4) is 0 Å². The van der Waals surface area contributed by atoms with Crippen LogP contribution in [0.4, 0.5) is 4.79 Å². The maximum atomic E-state index is 12.0. The van der Waals surface area contributed by atoms with Crippen molar-refractivity contribution in [2.75, 3.05) is 39.8 Å². The fourth-order valence-corrected chi connectivity index (χ4v) is 2.13. The van der Waals surface area contributed by atoms with Crippen LogP contribution in [0.2, 0.25) is 0 Å². The number of nitrogens with zero attached hydrogens (tertiary/aromatic N) is 3. The van der Waals surface area contributed by atoms with Crippen LogP contribution >= 0.6 is 0 Å². The molecule has 1 aliphatic heterocycles. The normalized spacial score (nSPS) is 18.5. The maximum absolute atomic E-state index is 12.0. The van der Waals surface area contributed by atoms with E-state index in [-0.39, 0.29) is 6.03 Å². The van der Waals surface area contributed by atoms with Crippen molar-refractivity contribution in [3.05, 3.63) is 0 Å². The predicted molar refractivity (Wildman–Crippen MR) is 68.6 cm³/mol. The van der Waals surface area contributed by atoms with Gasteiger partial charge >= 0.3 is 12.0 Å². The molecule has 1 unspecified atom stereocenters. The molecule has 1 aliphatic rings. The first-order valence-electron chi connectivity index (χ1n) is 6.44. The highest BCUT2D eigenvalue weighted by Gasteiger charge is 2.28. The highest BCUT2D eigenvalue weighted by atomic mass is 16.4. The number of carboxylic acid groups (broad SMARTS) is 1. The second-order valence-electron chi connectivity index (χ2n) is 4.74. The Morgan fingerprint density at radius 2 is 1.83 bits per heavy atom. The van der Waals surface area contributed by atoms with E-state index in [2.05, 4.69) is 0 Å². The first kappa shape index (κ1) is 14.8. The van der Waals surface area contributed by atoms with Gasteiger partial charge in [0.15, 0.2) is 0 Å². The van der Waals surface area contributed by atoms with Crippen LogP contribution in [-0.4, -0.2) is 77.6 Å². The third-order valence-corrected chi connectivity index (χ3v) is 3.38. The van der Waals surface area contributed by atoms with E-state index in [1.54, 1.807) is 23.8 Å². The summed E-state index contributed by atoms with van der Waals surface area (Å²) in [7, 11) is 1.80. The molecule has 1 heterocycles. The topological polar surface area (TPSA) is 64.1 Å². The second-order valence-corrected chi connectivity index (χ2v) is 4.74. The average molecular weight is 257 g/mol. The minimum Gasteiger partial charge on any atom is -0.480 e. The molecule has 0 radical (unpaired) electrons. The zero-order valence-corrected chi connectivity index (χ0v) is 11.4. The number of rotatable bonds is 4. The lowest BCUT2D eigenvalue weighted by molar-refractivity contribution is -0.143. The summed E-state index contributed by atoms with van der Waals surface area (Å²) >= 11 is 0. The van der Waals surface area contributed by atoms with Crippen molar-refractivity contribution in [3.8, 4) is 0 Å². The lowest BCUT2D eigenvalue weighted by Crippen LogP contribution is -2.55. The highest BCUT2D eigenvalue weighted by Crippen LogP contribution is 2.08. The number of hydrogen-bond donors (Lipinski definition) is 1. The van der Waals surface area contributed by atoms with Crippen molar-refractivity contribution in [1.82, 2.24) is 14.7 Å². The summed E-state index contributed by atoms with van der Waals surface area (Å²) in [6.45, 7) is 6.93. The summed E-state index contributed by atoms with van der Waals surface area (Å²) < 4.78 is 0. The molecule has 6 heteroatoms. The molecular formula is C12H23N3O3.